The molecule has 5 rings (SSSR count). The minimum absolute atomic E-state index is 0.0215. The van der Waals surface area contributed by atoms with Crippen LogP contribution in [0.2, 0.25) is 0 Å². The number of piperidine rings is 1. The standard InChI is InChI=1S/C27H28F3NO5/c28-27(29,30)23-11-17(3-8-24(23)36-21-6-7-21)15-34-22-5-4-19-10-18(16-35-25(19)12-22)13-31-9-1-2-20(14-31)26(32)33/h3-5,8,10-12,20-21H,1-2,6-7,9,13-16H2,(H,32,33)/t20-/m1/s1. The number of likely N-dealkylation sites (tertiary alicyclic amines) is 1. The van der Waals surface area contributed by atoms with Gasteiger partial charge in [-0.15, -0.1) is 0 Å². The van der Waals surface area contributed by atoms with Crippen LogP contribution < -0.4 is 14.2 Å². The maximum atomic E-state index is 13.5. The molecule has 2 aromatic rings. The fourth-order valence-electron chi connectivity index (χ4n) is 4.58. The lowest BCUT2D eigenvalue weighted by Gasteiger charge is -2.32. The van der Waals surface area contributed by atoms with E-state index < -0.39 is 17.7 Å². The molecule has 0 aromatic heterocycles. The molecule has 0 radical (unpaired) electrons. The van der Waals surface area contributed by atoms with E-state index in [4.69, 9.17) is 14.2 Å². The lowest BCUT2D eigenvalue weighted by atomic mass is 9.97. The Hall–Kier alpha value is -3.20. The normalized spacial score (nSPS) is 20.2. The third kappa shape index (κ3) is 5.95. The van der Waals surface area contributed by atoms with Crippen molar-refractivity contribution in [2.24, 2.45) is 5.92 Å². The van der Waals surface area contributed by atoms with Gasteiger partial charge in [0.1, 0.15) is 30.5 Å². The van der Waals surface area contributed by atoms with E-state index in [0.717, 1.165) is 43.0 Å². The fourth-order valence-corrected chi connectivity index (χ4v) is 4.58. The van der Waals surface area contributed by atoms with Gasteiger partial charge in [0, 0.05) is 24.7 Å². The van der Waals surface area contributed by atoms with Crippen LogP contribution in [-0.4, -0.2) is 48.3 Å². The van der Waals surface area contributed by atoms with Crippen LogP contribution in [0.3, 0.4) is 0 Å². The molecule has 0 unspecified atom stereocenters. The lowest BCUT2D eigenvalue weighted by molar-refractivity contribution is -0.143. The highest BCUT2D eigenvalue weighted by Gasteiger charge is 2.36. The van der Waals surface area contributed by atoms with Gasteiger partial charge in [0.2, 0.25) is 0 Å². The van der Waals surface area contributed by atoms with Crippen LogP contribution in [0.25, 0.3) is 6.08 Å². The molecule has 2 aromatic carbocycles. The van der Waals surface area contributed by atoms with E-state index in [-0.39, 0.29) is 24.4 Å². The van der Waals surface area contributed by atoms with Crippen LogP contribution in [0.4, 0.5) is 13.2 Å². The smallest absolute Gasteiger partial charge is 0.419 e. The van der Waals surface area contributed by atoms with E-state index in [0.29, 0.717) is 43.2 Å². The summed E-state index contributed by atoms with van der Waals surface area (Å²) in [6, 6.07) is 9.39. The second-order valence-electron chi connectivity index (χ2n) is 9.64. The number of carboxylic acid groups (broad SMARTS) is 1. The quantitative estimate of drug-likeness (QED) is 0.521. The number of alkyl halides is 3. The SMILES string of the molecule is O=C(O)[C@@H]1CCCN(CC2=Cc3ccc(OCc4ccc(OC5CC5)c(C(F)(F)F)c4)cc3OC2)C1. The van der Waals surface area contributed by atoms with Crippen molar-refractivity contribution < 1.29 is 37.3 Å². The maximum Gasteiger partial charge on any atom is 0.419 e. The summed E-state index contributed by atoms with van der Waals surface area (Å²) in [4.78, 5) is 13.5. The number of hydrogen-bond acceptors (Lipinski definition) is 5. The highest BCUT2D eigenvalue weighted by Crippen LogP contribution is 2.39. The molecule has 1 N–H and O–H groups in total. The average molecular weight is 504 g/mol. The second kappa shape index (κ2) is 10.0. The van der Waals surface area contributed by atoms with Gasteiger partial charge in [-0.25, -0.2) is 0 Å². The third-order valence-electron chi connectivity index (χ3n) is 6.61. The van der Waals surface area contributed by atoms with E-state index in [1.807, 2.05) is 12.1 Å². The first-order valence-electron chi connectivity index (χ1n) is 12.2. The molecule has 0 bridgehead atoms. The van der Waals surface area contributed by atoms with Crippen molar-refractivity contribution in [3.05, 3.63) is 58.7 Å². The minimum Gasteiger partial charge on any atom is -0.490 e. The molecule has 1 saturated heterocycles. The highest BCUT2D eigenvalue weighted by molar-refractivity contribution is 5.70. The van der Waals surface area contributed by atoms with Crippen LogP contribution in [-0.2, 0) is 17.6 Å². The van der Waals surface area contributed by atoms with Crippen molar-refractivity contribution in [3.63, 3.8) is 0 Å². The number of hydrogen-bond donors (Lipinski definition) is 1. The van der Waals surface area contributed by atoms with Crippen molar-refractivity contribution in [1.82, 2.24) is 4.90 Å². The zero-order valence-electron chi connectivity index (χ0n) is 19.7. The van der Waals surface area contributed by atoms with Gasteiger partial charge >= 0.3 is 12.1 Å². The Balaban J connectivity index is 1.22. The first kappa shape index (κ1) is 24.5. The van der Waals surface area contributed by atoms with Gasteiger partial charge in [0.05, 0.1) is 17.6 Å². The van der Waals surface area contributed by atoms with Crippen molar-refractivity contribution >= 4 is 12.0 Å². The molecule has 9 heteroatoms. The average Bonchev–Trinajstić information content (AvgIpc) is 3.67. The maximum absolute atomic E-state index is 13.5. The van der Waals surface area contributed by atoms with Crippen LogP contribution in [0.1, 0.15) is 42.4 Å². The summed E-state index contributed by atoms with van der Waals surface area (Å²) in [5, 5.41) is 9.30. The van der Waals surface area contributed by atoms with Crippen LogP contribution in [0.15, 0.2) is 42.0 Å². The van der Waals surface area contributed by atoms with Crippen molar-refractivity contribution in [2.45, 2.75) is 44.6 Å². The van der Waals surface area contributed by atoms with E-state index in [9.17, 15) is 23.1 Å². The first-order chi connectivity index (χ1) is 17.2. The van der Waals surface area contributed by atoms with E-state index in [1.165, 1.54) is 6.07 Å². The van der Waals surface area contributed by atoms with E-state index >= 15 is 0 Å². The van der Waals surface area contributed by atoms with Gasteiger partial charge in [-0.2, -0.15) is 13.2 Å². The topological polar surface area (TPSA) is 68.2 Å². The predicted molar refractivity (Wildman–Crippen MR) is 126 cm³/mol. The molecule has 192 valence electrons. The molecular formula is C27H28F3NO5. The number of nitrogens with zero attached hydrogens (tertiary/aromatic N) is 1. The number of benzene rings is 2. The molecule has 0 spiro atoms. The summed E-state index contributed by atoms with van der Waals surface area (Å²) in [6.07, 6.45) is 0.547. The van der Waals surface area contributed by atoms with Gasteiger partial charge in [-0.3, -0.25) is 9.69 Å². The van der Waals surface area contributed by atoms with Gasteiger partial charge < -0.3 is 19.3 Å². The third-order valence-corrected chi connectivity index (χ3v) is 6.61. The summed E-state index contributed by atoms with van der Waals surface area (Å²) in [5.41, 5.74) is 1.56. The molecule has 6 nitrogen and oxygen atoms in total. The first-order valence-corrected chi connectivity index (χ1v) is 12.2. The van der Waals surface area contributed by atoms with Crippen LogP contribution in [0, 0.1) is 5.92 Å². The molecule has 2 fully saturated rings. The zero-order chi connectivity index (χ0) is 25.3. The molecular weight excluding hydrogens is 475 g/mol. The van der Waals surface area contributed by atoms with Gasteiger partial charge in [-0.1, -0.05) is 6.07 Å². The molecule has 2 heterocycles. The summed E-state index contributed by atoms with van der Waals surface area (Å²) in [6.45, 7) is 2.43. The number of carboxylic acids is 1. The zero-order valence-corrected chi connectivity index (χ0v) is 19.7. The van der Waals surface area contributed by atoms with Gasteiger partial charge in [0.25, 0.3) is 0 Å². The molecule has 0 amide bonds. The Morgan fingerprint density at radius 1 is 1.14 bits per heavy atom. The molecule has 1 aliphatic carbocycles. The lowest BCUT2D eigenvalue weighted by Crippen LogP contribution is -2.40. The number of fused-ring (bicyclic) bond motifs is 1. The highest BCUT2D eigenvalue weighted by atomic mass is 19.4. The minimum atomic E-state index is -4.51. The van der Waals surface area contributed by atoms with Gasteiger partial charge in [0.15, 0.2) is 0 Å². The molecule has 36 heavy (non-hydrogen) atoms. The number of halogens is 3. The van der Waals surface area contributed by atoms with Crippen molar-refractivity contribution in [1.29, 1.82) is 0 Å². The predicted octanol–water partition coefficient (Wildman–Crippen LogP) is 5.40. The Morgan fingerprint density at radius 3 is 2.72 bits per heavy atom. The number of rotatable bonds is 8. The number of ether oxygens (including phenoxy) is 3. The van der Waals surface area contributed by atoms with Crippen LogP contribution in [0.5, 0.6) is 17.2 Å². The molecule has 2 aliphatic heterocycles. The summed E-state index contributed by atoms with van der Waals surface area (Å²) in [5.74, 6) is -0.0737. The van der Waals surface area contributed by atoms with Crippen molar-refractivity contribution in [3.8, 4) is 17.2 Å². The fraction of sp³-hybridized carbons (Fsp3) is 0.444. The summed E-state index contributed by atoms with van der Waals surface area (Å²) < 4.78 is 57.6. The largest absolute Gasteiger partial charge is 0.490 e. The Morgan fingerprint density at radius 2 is 1.97 bits per heavy atom. The molecule has 3 aliphatic rings. The Labute approximate surface area is 207 Å². The van der Waals surface area contributed by atoms with E-state index in [2.05, 4.69) is 4.90 Å². The Kier molecular flexibility index (Phi) is 6.83. The van der Waals surface area contributed by atoms with Gasteiger partial charge in [-0.05, 0) is 73.7 Å². The monoisotopic (exact) mass is 503 g/mol. The Bertz CT molecular complexity index is 1160. The summed E-state index contributed by atoms with van der Waals surface area (Å²) in [7, 11) is 0. The second-order valence-corrected chi connectivity index (χ2v) is 9.64. The number of carbonyl (C=O) groups is 1. The van der Waals surface area contributed by atoms with Crippen molar-refractivity contribution in [2.75, 3.05) is 26.2 Å². The number of aliphatic carboxylic acids is 1. The van der Waals surface area contributed by atoms with E-state index in [1.54, 1.807) is 18.2 Å². The summed E-state index contributed by atoms with van der Waals surface area (Å²) >= 11 is 0. The molecule has 1 saturated carbocycles. The molecule has 1 atom stereocenters. The van der Waals surface area contributed by atoms with Crippen LogP contribution >= 0.6 is 0 Å².